The smallest absolute Gasteiger partial charge is 0.362 e. The molecule has 0 aliphatic rings. The standard InChI is InChI=1S/C9H10BrN2O4PS/c1-4-2-5(16-3-17(13,14)15)7-8(6(4)10)18-9(11)12-7/h2H,3H2,1H3,(H2,11,12)(H2,13,14,15). The van der Waals surface area contributed by atoms with Crippen molar-refractivity contribution < 1.29 is 19.1 Å². The number of nitrogens with two attached hydrogens (primary N) is 1. The highest BCUT2D eigenvalue weighted by Gasteiger charge is 2.18. The molecule has 0 spiro atoms. The van der Waals surface area contributed by atoms with Crippen molar-refractivity contribution in [2.24, 2.45) is 0 Å². The van der Waals surface area contributed by atoms with Gasteiger partial charge in [0.2, 0.25) is 0 Å². The zero-order valence-corrected chi connectivity index (χ0v) is 12.6. The van der Waals surface area contributed by atoms with Crippen LogP contribution in [0.25, 0.3) is 10.2 Å². The van der Waals surface area contributed by atoms with E-state index in [1.54, 1.807) is 6.07 Å². The number of nitrogen functional groups attached to an aromatic ring is 1. The second-order valence-corrected chi connectivity index (χ2v) is 7.08. The number of halogens is 1. The molecule has 0 saturated heterocycles. The van der Waals surface area contributed by atoms with E-state index in [0.717, 1.165) is 14.7 Å². The van der Waals surface area contributed by atoms with Gasteiger partial charge in [0.15, 0.2) is 11.5 Å². The SMILES string of the molecule is Cc1cc(OCP(=O)(O)O)c2nc(N)sc2c1Br. The van der Waals surface area contributed by atoms with E-state index in [0.29, 0.717) is 16.4 Å². The Kier molecular flexibility index (Phi) is 3.66. The van der Waals surface area contributed by atoms with Gasteiger partial charge in [0.25, 0.3) is 0 Å². The number of rotatable bonds is 3. The highest BCUT2D eigenvalue weighted by atomic mass is 79.9. The van der Waals surface area contributed by atoms with E-state index in [9.17, 15) is 4.57 Å². The topological polar surface area (TPSA) is 106 Å². The van der Waals surface area contributed by atoms with E-state index in [-0.39, 0.29) is 0 Å². The Balaban J connectivity index is 2.50. The highest BCUT2D eigenvalue weighted by Crippen LogP contribution is 2.41. The normalized spacial score (nSPS) is 12.0. The molecule has 1 aromatic carbocycles. The lowest BCUT2D eigenvalue weighted by molar-refractivity contribution is 0.302. The second kappa shape index (κ2) is 4.79. The number of ether oxygens (including phenoxy) is 1. The molecule has 2 aromatic rings. The van der Waals surface area contributed by atoms with Gasteiger partial charge in [-0.1, -0.05) is 11.3 Å². The average molecular weight is 353 g/mol. The lowest BCUT2D eigenvalue weighted by Gasteiger charge is -2.09. The summed E-state index contributed by atoms with van der Waals surface area (Å²) in [5, 5.41) is 0.373. The molecule has 0 amide bonds. The molecule has 98 valence electrons. The molecule has 6 nitrogen and oxygen atoms in total. The molecule has 9 heteroatoms. The molecule has 0 unspecified atom stereocenters. The molecule has 4 N–H and O–H groups in total. The third kappa shape index (κ3) is 2.84. The lowest BCUT2D eigenvalue weighted by Crippen LogP contribution is -1.99. The van der Waals surface area contributed by atoms with E-state index < -0.39 is 13.9 Å². The summed E-state index contributed by atoms with van der Waals surface area (Å²) in [5.41, 5.74) is 7.02. The fourth-order valence-electron chi connectivity index (χ4n) is 1.42. The van der Waals surface area contributed by atoms with Crippen molar-refractivity contribution in [1.29, 1.82) is 0 Å². The number of aryl methyl sites for hydroxylation is 1. The minimum Gasteiger partial charge on any atom is -0.479 e. The van der Waals surface area contributed by atoms with Crippen LogP contribution in [0, 0.1) is 6.92 Å². The van der Waals surface area contributed by atoms with Crippen molar-refractivity contribution in [2.75, 3.05) is 12.1 Å². The predicted octanol–water partition coefficient (Wildman–Crippen LogP) is 2.46. The Labute approximate surface area is 115 Å². The molecular weight excluding hydrogens is 343 g/mol. The molecule has 1 heterocycles. The van der Waals surface area contributed by atoms with E-state index in [1.165, 1.54) is 11.3 Å². The van der Waals surface area contributed by atoms with Crippen LogP contribution in [0.15, 0.2) is 10.5 Å². The summed E-state index contributed by atoms with van der Waals surface area (Å²) in [4.78, 5) is 21.7. The van der Waals surface area contributed by atoms with Crippen LogP contribution in [0.4, 0.5) is 5.13 Å². The van der Waals surface area contributed by atoms with Crippen molar-refractivity contribution in [3.05, 3.63) is 16.1 Å². The minimum absolute atomic E-state index is 0.321. The van der Waals surface area contributed by atoms with Crippen LogP contribution in [0.3, 0.4) is 0 Å². The Morgan fingerprint density at radius 1 is 1.61 bits per heavy atom. The number of hydrogen-bond acceptors (Lipinski definition) is 5. The van der Waals surface area contributed by atoms with Crippen molar-refractivity contribution >= 4 is 50.2 Å². The quantitative estimate of drug-likeness (QED) is 0.732. The summed E-state index contributed by atoms with van der Waals surface area (Å²) >= 11 is 4.71. The summed E-state index contributed by atoms with van der Waals surface area (Å²) in [5.74, 6) is 0.321. The maximum absolute atomic E-state index is 10.8. The first-order valence-corrected chi connectivity index (χ1v) is 8.21. The summed E-state index contributed by atoms with van der Waals surface area (Å²) in [6, 6.07) is 1.67. The fourth-order valence-corrected chi connectivity index (χ4v) is 3.12. The van der Waals surface area contributed by atoms with Gasteiger partial charge in [0.05, 0.1) is 4.70 Å². The fraction of sp³-hybridized carbons (Fsp3) is 0.222. The molecule has 1 aromatic heterocycles. The van der Waals surface area contributed by atoms with Gasteiger partial charge in [0, 0.05) is 4.47 Å². The molecule has 0 aliphatic heterocycles. The van der Waals surface area contributed by atoms with E-state index in [4.69, 9.17) is 20.3 Å². The lowest BCUT2D eigenvalue weighted by atomic mass is 10.2. The van der Waals surface area contributed by atoms with Crippen LogP contribution in [0.5, 0.6) is 5.75 Å². The van der Waals surface area contributed by atoms with Crippen LogP contribution in [0.2, 0.25) is 0 Å². The third-order valence-electron chi connectivity index (χ3n) is 2.16. The van der Waals surface area contributed by atoms with Crippen LogP contribution in [-0.4, -0.2) is 21.1 Å². The van der Waals surface area contributed by atoms with Gasteiger partial charge in [-0.25, -0.2) is 4.98 Å². The zero-order chi connectivity index (χ0) is 13.5. The Morgan fingerprint density at radius 3 is 2.89 bits per heavy atom. The summed E-state index contributed by atoms with van der Waals surface area (Å²) in [6.07, 6.45) is -0.680. The van der Waals surface area contributed by atoms with Crippen LogP contribution in [-0.2, 0) is 4.57 Å². The van der Waals surface area contributed by atoms with Gasteiger partial charge in [-0.05, 0) is 34.5 Å². The number of hydrogen-bond donors (Lipinski definition) is 3. The second-order valence-electron chi connectivity index (χ2n) is 3.67. The average Bonchev–Trinajstić information content (AvgIpc) is 2.62. The number of fused-ring (bicyclic) bond motifs is 1. The zero-order valence-electron chi connectivity index (χ0n) is 9.25. The molecule has 0 aliphatic carbocycles. The number of anilines is 1. The molecule has 0 fully saturated rings. The number of nitrogens with zero attached hydrogens (tertiary/aromatic N) is 1. The largest absolute Gasteiger partial charge is 0.479 e. The van der Waals surface area contributed by atoms with Gasteiger partial charge in [-0.2, -0.15) is 0 Å². The monoisotopic (exact) mass is 352 g/mol. The summed E-state index contributed by atoms with van der Waals surface area (Å²) in [6.45, 7) is 1.85. The minimum atomic E-state index is -4.22. The van der Waals surface area contributed by atoms with Crippen molar-refractivity contribution in [3.8, 4) is 5.75 Å². The van der Waals surface area contributed by atoms with E-state index >= 15 is 0 Å². The maximum Gasteiger partial charge on any atom is 0.362 e. The molecule has 0 radical (unpaired) electrons. The van der Waals surface area contributed by atoms with Crippen molar-refractivity contribution in [1.82, 2.24) is 4.98 Å². The summed E-state index contributed by atoms with van der Waals surface area (Å²) in [7, 11) is -4.22. The number of benzene rings is 1. The van der Waals surface area contributed by atoms with Crippen LogP contribution >= 0.6 is 34.9 Å². The molecule has 0 saturated carbocycles. The van der Waals surface area contributed by atoms with Crippen molar-refractivity contribution in [3.63, 3.8) is 0 Å². The predicted molar refractivity (Wildman–Crippen MR) is 74.0 cm³/mol. The Hall–Kier alpha value is -0.660. The first kappa shape index (κ1) is 13.8. The van der Waals surface area contributed by atoms with Gasteiger partial charge < -0.3 is 20.3 Å². The number of aromatic nitrogens is 1. The molecule has 2 rings (SSSR count). The van der Waals surface area contributed by atoms with Crippen LogP contribution in [0.1, 0.15) is 5.56 Å². The maximum atomic E-state index is 10.8. The highest BCUT2D eigenvalue weighted by molar-refractivity contribution is 9.10. The first-order valence-electron chi connectivity index (χ1n) is 4.80. The third-order valence-corrected chi connectivity index (χ3v) is 4.81. The van der Waals surface area contributed by atoms with E-state index in [2.05, 4.69) is 20.9 Å². The molecule has 0 atom stereocenters. The Morgan fingerprint density at radius 2 is 2.28 bits per heavy atom. The Bertz CT molecular complexity index is 654. The first-order chi connectivity index (χ1) is 8.28. The van der Waals surface area contributed by atoms with Crippen LogP contribution < -0.4 is 10.5 Å². The summed E-state index contributed by atoms with van der Waals surface area (Å²) < 4.78 is 17.6. The molecule has 0 bridgehead atoms. The van der Waals surface area contributed by atoms with Gasteiger partial charge in [0.1, 0.15) is 11.3 Å². The number of thiazole rings is 1. The van der Waals surface area contributed by atoms with Crippen molar-refractivity contribution in [2.45, 2.75) is 6.92 Å². The van der Waals surface area contributed by atoms with Gasteiger partial charge in [-0.15, -0.1) is 0 Å². The van der Waals surface area contributed by atoms with Gasteiger partial charge >= 0.3 is 7.60 Å². The van der Waals surface area contributed by atoms with Gasteiger partial charge in [-0.3, -0.25) is 4.57 Å². The molecule has 18 heavy (non-hydrogen) atoms. The van der Waals surface area contributed by atoms with E-state index in [1.807, 2.05) is 6.92 Å². The molecular formula is C9H10BrN2O4PS.